The Labute approximate surface area is 147 Å². The summed E-state index contributed by atoms with van der Waals surface area (Å²) in [6, 6.07) is 5.14. The number of aromatic nitrogens is 3. The maximum Gasteiger partial charge on any atom is 0.284 e. The average molecular weight is 357 g/mol. The van der Waals surface area contributed by atoms with Crippen molar-refractivity contribution in [3.8, 4) is 11.3 Å². The van der Waals surface area contributed by atoms with E-state index < -0.39 is 6.23 Å². The number of aliphatic hydroxyl groups excluding tert-OH is 1. The van der Waals surface area contributed by atoms with Gasteiger partial charge in [0.15, 0.2) is 0 Å². The fraction of sp³-hybridized carbons (Fsp3) is 0.250. The third kappa shape index (κ3) is 2.66. The molecule has 1 unspecified atom stereocenters. The molecule has 2 aromatic heterocycles. The molecule has 128 valence electrons. The number of nitrogens with zero attached hydrogens (tertiary/aromatic N) is 4. The lowest BCUT2D eigenvalue weighted by Gasteiger charge is -2.14. The lowest BCUT2D eigenvalue weighted by Crippen LogP contribution is -2.29. The van der Waals surface area contributed by atoms with E-state index in [4.69, 9.17) is 0 Å². The normalized spacial score (nSPS) is 13.7. The molecule has 1 aliphatic rings. The molecule has 3 heterocycles. The number of pyridine rings is 1. The summed E-state index contributed by atoms with van der Waals surface area (Å²) in [5.74, 6) is 0. The van der Waals surface area contributed by atoms with Crippen molar-refractivity contribution in [3.05, 3.63) is 40.7 Å². The quantitative estimate of drug-likeness (QED) is 0.321. The van der Waals surface area contributed by atoms with Crippen LogP contribution in [0.4, 0.5) is 5.69 Å². The Morgan fingerprint density at radius 3 is 3.04 bits per heavy atom. The van der Waals surface area contributed by atoms with E-state index in [9.17, 15) is 15.2 Å². The molecule has 0 saturated heterocycles. The van der Waals surface area contributed by atoms with Crippen molar-refractivity contribution < 1.29 is 10.0 Å². The van der Waals surface area contributed by atoms with Crippen molar-refractivity contribution in [1.82, 2.24) is 20.1 Å². The Hall–Kier alpha value is -2.49. The van der Waals surface area contributed by atoms with Crippen molar-refractivity contribution in [1.29, 1.82) is 0 Å². The highest BCUT2D eigenvalue weighted by atomic mass is 32.2. The molecule has 0 radical (unpaired) electrons. The first-order valence-corrected chi connectivity index (χ1v) is 8.59. The van der Waals surface area contributed by atoms with Crippen LogP contribution in [0.25, 0.3) is 22.2 Å². The van der Waals surface area contributed by atoms with Crippen LogP contribution in [0.15, 0.2) is 40.4 Å². The van der Waals surface area contributed by atoms with Gasteiger partial charge >= 0.3 is 0 Å². The second kappa shape index (κ2) is 6.10. The van der Waals surface area contributed by atoms with Crippen molar-refractivity contribution >= 4 is 28.4 Å². The molecule has 1 atom stereocenters. The fourth-order valence-corrected chi connectivity index (χ4v) is 4.14. The Bertz CT molecular complexity index is 985. The molecule has 0 aliphatic carbocycles. The SMILES string of the molecule is CC(O)NCCn1nc2c3c(c([N+](=O)[O-])ccc31)Sc1cnccc1-2. The Morgan fingerprint density at radius 1 is 1.44 bits per heavy atom. The van der Waals surface area contributed by atoms with Gasteiger partial charge in [0, 0.05) is 40.8 Å². The summed E-state index contributed by atoms with van der Waals surface area (Å²) in [6.45, 7) is 2.74. The molecule has 4 rings (SSSR count). The largest absolute Gasteiger partial charge is 0.379 e. The van der Waals surface area contributed by atoms with Gasteiger partial charge in [0.1, 0.15) is 16.8 Å². The van der Waals surface area contributed by atoms with Crippen molar-refractivity contribution in [3.63, 3.8) is 0 Å². The van der Waals surface area contributed by atoms with Crippen molar-refractivity contribution in [2.24, 2.45) is 0 Å². The summed E-state index contributed by atoms with van der Waals surface area (Å²) in [7, 11) is 0. The summed E-state index contributed by atoms with van der Waals surface area (Å²) in [6.07, 6.45) is 2.80. The molecule has 8 nitrogen and oxygen atoms in total. The molecule has 0 fully saturated rings. The van der Waals surface area contributed by atoms with Gasteiger partial charge in [-0.1, -0.05) is 11.8 Å². The van der Waals surface area contributed by atoms with E-state index in [1.807, 2.05) is 10.7 Å². The van der Waals surface area contributed by atoms with Gasteiger partial charge in [-0.3, -0.25) is 25.1 Å². The number of hydrogen-bond donors (Lipinski definition) is 2. The third-order valence-corrected chi connectivity index (χ3v) is 5.22. The maximum absolute atomic E-state index is 11.4. The van der Waals surface area contributed by atoms with Crippen LogP contribution < -0.4 is 5.32 Å². The molecule has 3 aromatic rings. The third-order valence-electron chi connectivity index (χ3n) is 4.06. The summed E-state index contributed by atoms with van der Waals surface area (Å²) in [5.41, 5.74) is 2.59. The Morgan fingerprint density at radius 2 is 2.28 bits per heavy atom. The van der Waals surface area contributed by atoms with Gasteiger partial charge < -0.3 is 5.11 Å². The first kappa shape index (κ1) is 16.0. The Kier molecular flexibility index (Phi) is 3.91. The van der Waals surface area contributed by atoms with E-state index in [1.165, 1.54) is 17.8 Å². The molecule has 2 N–H and O–H groups in total. The highest BCUT2D eigenvalue weighted by Gasteiger charge is 2.29. The first-order valence-electron chi connectivity index (χ1n) is 7.78. The van der Waals surface area contributed by atoms with Crippen LogP contribution in [-0.4, -0.2) is 37.6 Å². The second-order valence-corrected chi connectivity index (χ2v) is 6.79. The molecule has 25 heavy (non-hydrogen) atoms. The lowest BCUT2D eigenvalue weighted by atomic mass is 10.1. The van der Waals surface area contributed by atoms with Crippen LogP contribution in [0, 0.1) is 10.1 Å². The molecular formula is C16H15N5O3S. The van der Waals surface area contributed by atoms with Gasteiger partial charge in [0.2, 0.25) is 0 Å². The van der Waals surface area contributed by atoms with Crippen LogP contribution in [-0.2, 0) is 6.54 Å². The highest BCUT2D eigenvalue weighted by Crippen LogP contribution is 2.50. The van der Waals surface area contributed by atoms with E-state index in [-0.39, 0.29) is 10.6 Å². The van der Waals surface area contributed by atoms with Gasteiger partial charge in [0.25, 0.3) is 5.69 Å². The van der Waals surface area contributed by atoms with Crippen LogP contribution in [0.2, 0.25) is 0 Å². The zero-order valence-electron chi connectivity index (χ0n) is 13.3. The maximum atomic E-state index is 11.4. The van der Waals surface area contributed by atoms with Gasteiger partial charge in [-0.25, -0.2) is 0 Å². The number of aliphatic hydroxyl groups is 1. The molecule has 0 saturated carbocycles. The van der Waals surface area contributed by atoms with Crippen LogP contribution in [0.3, 0.4) is 0 Å². The summed E-state index contributed by atoms with van der Waals surface area (Å²) < 4.78 is 1.82. The topological polar surface area (TPSA) is 106 Å². The summed E-state index contributed by atoms with van der Waals surface area (Å²) in [5, 5.41) is 29.2. The predicted molar refractivity (Wildman–Crippen MR) is 93.4 cm³/mol. The van der Waals surface area contributed by atoms with Gasteiger partial charge in [-0.15, -0.1) is 0 Å². The zero-order chi connectivity index (χ0) is 17.6. The van der Waals surface area contributed by atoms with E-state index >= 15 is 0 Å². The lowest BCUT2D eigenvalue weighted by molar-refractivity contribution is -0.387. The summed E-state index contributed by atoms with van der Waals surface area (Å²) >= 11 is 1.36. The minimum atomic E-state index is -0.601. The molecule has 0 bridgehead atoms. The van der Waals surface area contributed by atoms with E-state index in [2.05, 4.69) is 15.4 Å². The minimum Gasteiger partial charge on any atom is -0.379 e. The van der Waals surface area contributed by atoms with Crippen molar-refractivity contribution in [2.45, 2.75) is 29.5 Å². The van der Waals surface area contributed by atoms with Crippen LogP contribution >= 0.6 is 11.8 Å². The molecular weight excluding hydrogens is 342 g/mol. The molecule has 0 spiro atoms. The number of nitro benzene ring substituents is 1. The van der Waals surface area contributed by atoms with E-state index in [0.29, 0.717) is 18.0 Å². The number of hydrogen-bond acceptors (Lipinski definition) is 7. The standard InChI is InChI=1S/C16H15N5O3S/c1-9(22)18-6-7-20-11-2-3-12(21(23)24)16-14(11)15(19-20)10-4-5-17-8-13(10)25-16/h2-5,8-9,18,22H,6-7H2,1H3. The van der Waals surface area contributed by atoms with E-state index in [1.54, 1.807) is 25.4 Å². The smallest absolute Gasteiger partial charge is 0.284 e. The van der Waals surface area contributed by atoms with Gasteiger partial charge in [0.05, 0.1) is 17.0 Å². The van der Waals surface area contributed by atoms with Crippen molar-refractivity contribution in [2.75, 3.05) is 6.54 Å². The second-order valence-electron chi connectivity index (χ2n) is 5.74. The number of benzene rings is 1. The number of nitro groups is 1. The number of rotatable bonds is 5. The first-order chi connectivity index (χ1) is 12.1. The Balaban J connectivity index is 1.90. The van der Waals surface area contributed by atoms with Gasteiger partial charge in [-0.05, 0) is 19.1 Å². The molecule has 9 heteroatoms. The van der Waals surface area contributed by atoms with E-state index in [0.717, 1.165) is 27.1 Å². The molecule has 0 amide bonds. The molecule has 1 aliphatic heterocycles. The zero-order valence-corrected chi connectivity index (χ0v) is 14.2. The number of nitrogens with one attached hydrogen (secondary N) is 1. The van der Waals surface area contributed by atoms with Crippen LogP contribution in [0.5, 0.6) is 0 Å². The predicted octanol–water partition coefficient (Wildman–Crippen LogP) is 2.40. The number of fused-ring (bicyclic) bond motifs is 2. The van der Waals surface area contributed by atoms with Gasteiger partial charge in [-0.2, -0.15) is 5.10 Å². The van der Waals surface area contributed by atoms with Crippen LogP contribution in [0.1, 0.15) is 6.92 Å². The summed E-state index contributed by atoms with van der Waals surface area (Å²) in [4.78, 5) is 16.7. The molecule has 1 aromatic carbocycles. The fourth-order valence-electron chi connectivity index (χ4n) is 2.98. The monoisotopic (exact) mass is 357 g/mol. The average Bonchev–Trinajstić information content (AvgIpc) is 2.95. The minimum absolute atomic E-state index is 0.0786. The highest BCUT2D eigenvalue weighted by molar-refractivity contribution is 8.00.